The minimum absolute atomic E-state index is 0.200. The molecule has 0 fully saturated rings. The molecule has 0 atom stereocenters. The van der Waals surface area contributed by atoms with E-state index >= 15 is 0 Å². The van der Waals surface area contributed by atoms with Crippen LogP contribution < -0.4 is 9.47 Å². The Bertz CT molecular complexity index is 1530. The summed E-state index contributed by atoms with van der Waals surface area (Å²) in [7, 11) is 0. The molecule has 0 spiro atoms. The third-order valence-corrected chi connectivity index (χ3v) is 6.76. The summed E-state index contributed by atoms with van der Waals surface area (Å²) in [4.78, 5) is 74.3. The van der Waals surface area contributed by atoms with Gasteiger partial charge in [-0.15, -0.1) is 0 Å². The second-order valence-electron chi connectivity index (χ2n) is 11.4. The first kappa shape index (κ1) is 35.3. The molecule has 0 aliphatic heterocycles. The molecule has 0 amide bonds. The summed E-state index contributed by atoms with van der Waals surface area (Å²) in [6, 6.07) is 13.4. The van der Waals surface area contributed by atoms with Crippen LogP contribution in [0.15, 0.2) is 60.7 Å². The second-order valence-corrected chi connectivity index (χ2v) is 11.4. The first-order valence-electron chi connectivity index (χ1n) is 14.1. The largest absolute Gasteiger partial charge is 0.493 e. The summed E-state index contributed by atoms with van der Waals surface area (Å²) >= 11 is 0. The molecule has 12 heteroatoms. The zero-order chi connectivity index (χ0) is 34.4. The van der Waals surface area contributed by atoms with Gasteiger partial charge in [0.25, 0.3) is 0 Å². The van der Waals surface area contributed by atoms with E-state index in [0.717, 1.165) is 12.1 Å². The van der Waals surface area contributed by atoms with Crippen molar-refractivity contribution in [2.45, 2.75) is 51.7 Å². The Morgan fingerprint density at radius 1 is 0.543 bits per heavy atom. The van der Waals surface area contributed by atoms with Gasteiger partial charge in [0.15, 0.2) is 23.1 Å². The smallest absolute Gasteiger partial charge is 0.336 e. The van der Waals surface area contributed by atoms with Crippen LogP contribution in [0.5, 0.6) is 11.5 Å². The first-order valence-corrected chi connectivity index (χ1v) is 14.1. The zero-order valence-corrected chi connectivity index (χ0v) is 25.7. The zero-order valence-electron chi connectivity index (χ0n) is 25.7. The number of carbonyl (C=O) groups excluding carboxylic acids is 4. The predicted molar refractivity (Wildman–Crippen MR) is 163 cm³/mol. The van der Waals surface area contributed by atoms with Crippen molar-refractivity contribution in [3.05, 3.63) is 94.0 Å². The van der Waals surface area contributed by atoms with Crippen LogP contribution in [0.25, 0.3) is 0 Å². The molecule has 0 saturated heterocycles. The first-order chi connectivity index (χ1) is 21.4. The molecule has 3 aromatic carbocycles. The average molecular weight is 635 g/mol. The van der Waals surface area contributed by atoms with Gasteiger partial charge in [-0.1, -0.05) is 0 Å². The summed E-state index contributed by atoms with van der Waals surface area (Å²) in [5, 5.41) is 39.1. The number of carboxylic acid groups (broad SMARTS) is 2. The van der Waals surface area contributed by atoms with E-state index in [1.165, 1.54) is 76.2 Å². The molecule has 3 rings (SSSR count). The fraction of sp³-hybridized carbons (Fsp3) is 0.294. The number of rotatable bonds is 16. The highest BCUT2D eigenvalue weighted by molar-refractivity contribution is 6.12. The maximum Gasteiger partial charge on any atom is 0.336 e. The second kappa shape index (κ2) is 14.3. The maximum absolute atomic E-state index is 13.1. The standard InChI is InChI=1S/C34H34O12/c1-33(2,43)29(37)19-5-9-21(10-6-19)45-15-13-27(35)23-17-24(26(32(41)42)18-25(23)31(39)40)28(36)14-16-46-22-11-7-20(8-12-22)30(38)34(3,4)44/h5-12,17-18,43-44H,13-16H2,1-4H3,(H,39,40)(H,41,42). The van der Waals surface area contributed by atoms with E-state index in [2.05, 4.69) is 0 Å². The molecule has 0 saturated carbocycles. The molecule has 3 aromatic rings. The molecule has 4 N–H and O–H groups in total. The van der Waals surface area contributed by atoms with Crippen LogP contribution in [0.1, 0.15) is 103 Å². The summed E-state index contributed by atoms with van der Waals surface area (Å²) in [5.41, 5.74) is -4.55. The molecule has 242 valence electrons. The van der Waals surface area contributed by atoms with Crippen molar-refractivity contribution in [2.75, 3.05) is 13.2 Å². The van der Waals surface area contributed by atoms with Gasteiger partial charge in [-0.05, 0) is 88.4 Å². The van der Waals surface area contributed by atoms with Crippen LogP contribution >= 0.6 is 0 Å². The van der Waals surface area contributed by atoms with Gasteiger partial charge in [-0.2, -0.15) is 0 Å². The summed E-state index contributed by atoms with van der Waals surface area (Å²) in [6.45, 7) is 5.04. The van der Waals surface area contributed by atoms with E-state index in [1.54, 1.807) is 0 Å². The number of aromatic carboxylic acids is 2. The Morgan fingerprint density at radius 3 is 1.13 bits per heavy atom. The third kappa shape index (κ3) is 8.93. The van der Waals surface area contributed by atoms with Gasteiger partial charge in [0.1, 0.15) is 22.7 Å². The topological polar surface area (TPSA) is 202 Å². The molecular formula is C34H34O12. The molecule has 0 heterocycles. The van der Waals surface area contributed by atoms with Crippen LogP contribution in [-0.2, 0) is 0 Å². The Labute approximate surface area is 264 Å². The summed E-state index contributed by atoms with van der Waals surface area (Å²) in [6.07, 6.45) is -0.639. The molecule has 0 aliphatic carbocycles. The number of carbonyl (C=O) groups is 6. The lowest BCUT2D eigenvalue weighted by molar-refractivity contribution is 0.0487. The predicted octanol–water partition coefficient (Wildman–Crippen LogP) is 4.29. The van der Waals surface area contributed by atoms with Crippen LogP contribution in [0.2, 0.25) is 0 Å². The number of hydrogen-bond acceptors (Lipinski definition) is 10. The highest BCUT2D eigenvalue weighted by Crippen LogP contribution is 2.23. The Balaban J connectivity index is 1.72. The SMILES string of the molecule is CC(C)(O)C(=O)c1ccc(OCCC(=O)c2cc(C(=O)CCOc3ccc(C(=O)C(C)(C)O)cc3)c(C(=O)O)cc2C(=O)O)cc1. The third-order valence-electron chi connectivity index (χ3n) is 6.76. The normalized spacial score (nSPS) is 11.4. The van der Waals surface area contributed by atoms with E-state index in [4.69, 9.17) is 9.47 Å². The minimum atomic E-state index is -1.56. The molecule has 0 unspecified atom stereocenters. The highest BCUT2D eigenvalue weighted by atomic mass is 16.5. The Hall–Kier alpha value is -5.20. The van der Waals surface area contributed by atoms with Crippen molar-refractivity contribution in [1.29, 1.82) is 0 Å². The minimum Gasteiger partial charge on any atom is -0.493 e. The number of ketones is 4. The Morgan fingerprint density at radius 2 is 0.848 bits per heavy atom. The van der Waals surface area contributed by atoms with Crippen molar-refractivity contribution in [1.82, 2.24) is 0 Å². The average Bonchev–Trinajstić information content (AvgIpc) is 2.99. The van der Waals surface area contributed by atoms with Gasteiger partial charge < -0.3 is 29.9 Å². The van der Waals surface area contributed by atoms with Crippen molar-refractivity contribution in [3.63, 3.8) is 0 Å². The quantitative estimate of drug-likeness (QED) is 0.163. The van der Waals surface area contributed by atoms with Gasteiger partial charge in [0, 0.05) is 35.1 Å². The maximum atomic E-state index is 13.1. The molecule has 0 bridgehead atoms. The fourth-order valence-electron chi connectivity index (χ4n) is 4.32. The molecular weight excluding hydrogens is 600 g/mol. The van der Waals surface area contributed by atoms with Gasteiger partial charge >= 0.3 is 11.9 Å². The molecule has 46 heavy (non-hydrogen) atoms. The van der Waals surface area contributed by atoms with E-state index in [9.17, 15) is 49.2 Å². The van der Waals surface area contributed by atoms with Gasteiger partial charge in [0.2, 0.25) is 0 Å². The van der Waals surface area contributed by atoms with E-state index in [-0.39, 0.29) is 48.3 Å². The van der Waals surface area contributed by atoms with Crippen LogP contribution in [-0.4, -0.2) is 79.9 Å². The van der Waals surface area contributed by atoms with Crippen molar-refractivity contribution < 1.29 is 58.7 Å². The summed E-state index contributed by atoms with van der Waals surface area (Å²) in [5.74, 6) is -4.94. The monoisotopic (exact) mass is 634 g/mol. The lowest BCUT2D eigenvalue weighted by Crippen LogP contribution is -2.30. The lowest BCUT2D eigenvalue weighted by atomic mass is 9.92. The van der Waals surface area contributed by atoms with Crippen molar-refractivity contribution in [3.8, 4) is 11.5 Å². The number of benzene rings is 3. The Kier molecular flexibility index (Phi) is 10.9. The van der Waals surface area contributed by atoms with Crippen molar-refractivity contribution in [2.24, 2.45) is 0 Å². The van der Waals surface area contributed by atoms with Gasteiger partial charge in [-0.25, -0.2) is 9.59 Å². The molecule has 0 aliphatic rings. The van der Waals surface area contributed by atoms with Gasteiger partial charge in [-0.3, -0.25) is 19.2 Å². The number of carboxylic acids is 2. The highest BCUT2D eigenvalue weighted by Gasteiger charge is 2.27. The van der Waals surface area contributed by atoms with E-state index in [1.807, 2.05) is 0 Å². The fourth-order valence-corrected chi connectivity index (χ4v) is 4.32. The van der Waals surface area contributed by atoms with E-state index in [0.29, 0.717) is 11.5 Å². The van der Waals surface area contributed by atoms with Crippen LogP contribution in [0, 0.1) is 0 Å². The molecule has 0 radical (unpaired) electrons. The van der Waals surface area contributed by atoms with Crippen molar-refractivity contribution >= 4 is 35.1 Å². The lowest BCUT2D eigenvalue weighted by Gasteiger charge is -2.16. The number of hydrogen-bond donors (Lipinski definition) is 4. The summed E-state index contributed by atoms with van der Waals surface area (Å²) < 4.78 is 11.1. The molecule has 12 nitrogen and oxygen atoms in total. The van der Waals surface area contributed by atoms with Crippen LogP contribution in [0.3, 0.4) is 0 Å². The number of Topliss-reactive ketones (excluding diaryl/α,β-unsaturated/α-hetero) is 4. The van der Waals surface area contributed by atoms with Gasteiger partial charge in [0.05, 0.1) is 24.3 Å². The number of ether oxygens (including phenoxy) is 2. The van der Waals surface area contributed by atoms with Crippen LogP contribution in [0.4, 0.5) is 0 Å². The number of aliphatic hydroxyl groups is 2. The molecule has 0 aromatic heterocycles. The van der Waals surface area contributed by atoms with E-state index < -0.39 is 57.4 Å².